The van der Waals surface area contributed by atoms with Gasteiger partial charge in [0.25, 0.3) is 5.79 Å². The van der Waals surface area contributed by atoms with Gasteiger partial charge in [0, 0.05) is 5.57 Å². The summed E-state index contributed by atoms with van der Waals surface area (Å²) >= 11 is 0. The van der Waals surface area contributed by atoms with E-state index >= 15 is 0 Å². The maximum Gasteiger partial charge on any atom is 0.257 e. The van der Waals surface area contributed by atoms with Crippen LogP contribution in [0.2, 0.25) is 0 Å². The summed E-state index contributed by atoms with van der Waals surface area (Å²) in [5, 5.41) is 10.3. The van der Waals surface area contributed by atoms with E-state index in [0.717, 1.165) is 0 Å². The van der Waals surface area contributed by atoms with Crippen molar-refractivity contribution < 1.29 is 29.1 Å². The predicted molar refractivity (Wildman–Crippen MR) is 56.2 cm³/mol. The Bertz CT molecular complexity index is 497. The molecule has 0 aromatic rings. The smallest absolute Gasteiger partial charge is 0.257 e. The van der Waals surface area contributed by atoms with Crippen LogP contribution in [0.1, 0.15) is 20.8 Å². The summed E-state index contributed by atoms with van der Waals surface area (Å²) in [6, 6.07) is 0. The number of rotatable bonds is 0. The molecule has 6 heteroatoms. The van der Waals surface area contributed by atoms with Gasteiger partial charge in [0.15, 0.2) is 17.5 Å². The number of aliphatic hydroxyl groups is 1. The Kier molecular flexibility index (Phi) is 1.67. The fraction of sp³-hybridized carbons (Fsp3) is 0.750. The van der Waals surface area contributed by atoms with Gasteiger partial charge in [0.2, 0.25) is 0 Å². The largest absolute Gasteiger partial charge is 0.386 e. The van der Waals surface area contributed by atoms with Gasteiger partial charge >= 0.3 is 0 Å². The minimum atomic E-state index is -1.26. The van der Waals surface area contributed by atoms with Crippen molar-refractivity contribution in [3.8, 4) is 0 Å². The van der Waals surface area contributed by atoms with Crippen LogP contribution in [0.3, 0.4) is 0 Å². The highest BCUT2D eigenvalue weighted by atomic mass is 17.3. The number of epoxide rings is 1. The van der Waals surface area contributed by atoms with Crippen LogP contribution < -0.4 is 0 Å². The molecule has 3 fully saturated rings. The van der Waals surface area contributed by atoms with Gasteiger partial charge < -0.3 is 14.6 Å². The second-order valence-corrected chi connectivity index (χ2v) is 5.99. The van der Waals surface area contributed by atoms with Crippen molar-refractivity contribution >= 4 is 5.78 Å². The first-order valence-electron chi connectivity index (χ1n) is 5.98. The Labute approximate surface area is 103 Å². The molecule has 3 aliphatic heterocycles. The molecule has 1 aliphatic carbocycles. The molecule has 4 rings (SSSR count). The maximum absolute atomic E-state index is 11.9. The van der Waals surface area contributed by atoms with Crippen LogP contribution in [-0.2, 0) is 24.0 Å². The Morgan fingerprint density at radius 2 is 1.94 bits per heavy atom. The van der Waals surface area contributed by atoms with Gasteiger partial charge in [-0.1, -0.05) is 0 Å². The highest BCUT2D eigenvalue weighted by Gasteiger charge is 2.79. The molecule has 3 heterocycles. The van der Waals surface area contributed by atoms with Crippen molar-refractivity contribution in [1.29, 1.82) is 0 Å². The zero-order valence-corrected chi connectivity index (χ0v) is 10.3. The van der Waals surface area contributed by atoms with Crippen molar-refractivity contribution in [2.45, 2.75) is 56.1 Å². The summed E-state index contributed by atoms with van der Waals surface area (Å²) in [7, 11) is 0. The van der Waals surface area contributed by atoms with E-state index in [1.54, 1.807) is 20.8 Å². The summed E-state index contributed by atoms with van der Waals surface area (Å²) in [5.41, 5.74) is -1.29. The quantitative estimate of drug-likeness (QED) is 0.478. The normalized spacial score (nSPS) is 55.7. The molecule has 1 spiro atoms. The number of hydrogen-bond acceptors (Lipinski definition) is 6. The summed E-state index contributed by atoms with van der Waals surface area (Å²) in [6.07, 6.45) is -0.663. The molecule has 5 atom stereocenters. The van der Waals surface area contributed by atoms with Gasteiger partial charge in [0.1, 0.15) is 17.8 Å². The number of fused-ring (bicyclic) bond motifs is 2. The minimum Gasteiger partial charge on any atom is -0.386 e. The number of ether oxygens (including phenoxy) is 2. The Morgan fingerprint density at radius 1 is 1.22 bits per heavy atom. The number of carbonyl (C=O) groups is 1. The lowest BCUT2D eigenvalue weighted by Crippen LogP contribution is -2.55. The van der Waals surface area contributed by atoms with Crippen LogP contribution in [0.4, 0.5) is 0 Å². The fourth-order valence-electron chi connectivity index (χ4n) is 3.06. The van der Waals surface area contributed by atoms with Crippen LogP contribution in [0.5, 0.6) is 0 Å². The van der Waals surface area contributed by atoms with Crippen LogP contribution in [-0.4, -0.2) is 46.2 Å². The lowest BCUT2D eigenvalue weighted by Gasteiger charge is -2.40. The molecule has 1 N–H and O–H groups in total. The van der Waals surface area contributed by atoms with Crippen LogP contribution in [0.25, 0.3) is 0 Å². The van der Waals surface area contributed by atoms with E-state index in [9.17, 15) is 9.90 Å². The molecular weight excluding hydrogens is 240 g/mol. The number of carbonyl (C=O) groups excluding carboxylic acids is 1. The highest BCUT2D eigenvalue weighted by molar-refractivity contribution is 6.02. The Hall–Kier alpha value is -0.790. The number of aliphatic hydroxyl groups excluding tert-OH is 1. The summed E-state index contributed by atoms with van der Waals surface area (Å²) in [6.45, 7) is 5.22. The summed E-state index contributed by atoms with van der Waals surface area (Å²) in [4.78, 5) is 22.7. The first kappa shape index (κ1) is 11.1. The van der Waals surface area contributed by atoms with Crippen molar-refractivity contribution in [2.75, 3.05) is 0 Å². The lowest BCUT2D eigenvalue weighted by atomic mass is 9.83. The molecular formula is C12H14O6. The molecule has 4 aliphatic rings. The molecule has 0 radical (unpaired) electrons. The van der Waals surface area contributed by atoms with E-state index in [0.29, 0.717) is 5.57 Å². The molecule has 0 unspecified atom stereocenters. The number of ketones is 1. The van der Waals surface area contributed by atoms with Gasteiger partial charge in [-0.2, -0.15) is 4.89 Å². The Balaban J connectivity index is 1.87. The average Bonchev–Trinajstić information content (AvgIpc) is 2.94. The SMILES string of the molecule is CC1(C)OO[C@@]23O[C@@H]1[C@H](O)C2=CC(=O)[C@]1(C)O[C@H]31. The lowest BCUT2D eigenvalue weighted by molar-refractivity contribution is -0.502. The van der Waals surface area contributed by atoms with Crippen LogP contribution >= 0.6 is 0 Å². The van der Waals surface area contributed by atoms with Crippen molar-refractivity contribution in [3.63, 3.8) is 0 Å². The molecule has 6 nitrogen and oxygen atoms in total. The van der Waals surface area contributed by atoms with Crippen molar-refractivity contribution in [1.82, 2.24) is 0 Å². The molecule has 3 saturated heterocycles. The van der Waals surface area contributed by atoms with E-state index < -0.39 is 35.3 Å². The van der Waals surface area contributed by atoms with Gasteiger partial charge in [-0.25, -0.2) is 4.89 Å². The first-order chi connectivity index (χ1) is 8.31. The predicted octanol–water partition coefficient (Wildman–Crippen LogP) is -0.151. The third kappa shape index (κ3) is 0.972. The highest BCUT2D eigenvalue weighted by Crippen LogP contribution is 2.60. The third-order valence-electron chi connectivity index (χ3n) is 4.30. The topological polar surface area (TPSA) is 77.5 Å². The van der Waals surface area contributed by atoms with Crippen molar-refractivity contribution in [3.05, 3.63) is 11.6 Å². The van der Waals surface area contributed by atoms with E-state index in [2.05, 4.69) is 0 Å². The molecule has 0 aromatic carbocycles. The molecule has 98 valence electrons. The summed E-state index contributed by atoms with van der Waals surface area (Å²) in [5.74, 6) is -1.42. The van der Waals surface area contributed by atoms with Gasteiger partial charge in [-0.3, -0.25) is 4.79 Å². The fourth-order valence-corrected chi connectivity index (χ4v) is 3.06. The second-order valence-electron chi connectivity index (χ2n) is 5.99. The molecule has 0 amide bonds. The van der Waals surface area contributed by atoms with Crippen LogP contribution in [0.15, 0.2) is 11.6 Å². The third-order valence-corrected chi connectivity index (χ3v) is 4.30. The maximum atomic E-state index is 11.9. The van der Waals surface area contributed by atoms with Crippen molar-refractivity contribution in [2.24, 2.45) is 0 Å². The zero-order chi connectivity index (χ0) is 12.9. The Morgan fingerprint density at radius 3 is 2.67 bits per heavy atom. The zero-order valence-electron chi connectivity index (χ0n) is 10.3. The average molecular weight is 254 g/mol. The second kappa shape index (κ2) is 2.71. The van der Waals surface area contributed by atoms with E-state index in [1.165, 1.54) is 6.08 Å². The minimum absolute atomic E-state index is 0.162. The molecule has 2 bridgehead atoms. The molecule has 0 saturated carbocycles. The standard InChI is InChI=1S/C12H14O6/c1-10(2)8-7(14)5-4-6(13)11(3)9(16-11)12(5,15-8)18-17-10/h4,7-9,14H,1-3H3/t7-,8-,9+,11+,12+/m1/s1. The van der Waals surface area contributed by atoms with Gasteiger partial charge in [-0.15, -0.1) is 0 Å². The van der Waals surface area contributed by atoms with Crippen LogP contribution in [0, 0.1) is 0 Å². The van der Waals surface area contributed by atoms with E-state index in [4.69, 9.17) is 19.2 Å². The first-order valence-corrected chi connectivity index (χ1v) is 5.98. The number of hydrogen-bond donors (Lipinski definition) is 1. The monoisotopic (exact) mass is 254 g/mol. The van der Waals surface area contributed by atoms with E-state index in [-0.39, 0.29) is 5.78 Å². The molecule has 0 aromatic heterocycles. The van der Waals surface area contributed by atoms with Gasteiger partial charge in [-0.05, 0) is 26.8 Å². The van der Waals surface area contributed by atoms with E-state index in [1.807, 2.05) is 0 Å². The van der Waals surface area contributed by atoms with Gasteiger partial charge in [0.05, 0.1) is 0 Å². The molecule has 18 heavy (non-hydrogen) atoms. The summed E-state index contributed by atoms with van der Waals surface area (Å²) < 4.78 is 11.3.